The van der Waals surface area contributed by atoms with Gasteiger partial charge < -0.3 is 9.64 Å². The molecule has 0 unspecified atom stereocenters. The molecular formula is C20H24F3N3O2. The normalized spacial score (nSPS) is 15.8. The number of rotatable bonds is 5. The first-order chi connectivity index (χ1) is 13.4. The van der Waals surface area contributed by atoms with Gasteiger partial charge in [-0.1, -0.05) is 25.1 Å². The Balaban J connectivity index is 1.73. The second kappa shape index (κ2) is 8.34. The van der Waals surface area contributed by atoms with Gasteiger partial charge in [0.2, 0.25) is 0 Å². The van der Waals surface area contributed by atoms with Crippen molar-refractivity contribution >= 4 is 5.91 Å². The minimum atomic E-state index is -4.37. The molecule has 28 heavy (non-hydrogen) atoms. The molecule has 0 bridgehead atoms. The van der Waals surface area contributed by atoms with Crippen LogP contribution in [0.25, 0.3) is 0 Å². The number of aromatic amines is 1. The van der Waals surface area contributed by atoms with Crippen molar-refractivity contribution in [1.29, 1.82) is 0 Å². The number of aryl methyl sites for hydroxylation is 1. The quantitative estimate of drug-likeness (QED) is 0.827. The molecule has 0 radical (unpaired) electrons. The van der Waals surface area contributed by atoms with Gasteiger partial charge in [-0.15, -0.1) is 0 Å². The number of aromatic nitrogens is 2. The number of methoxy groups -OCH3 is 1. The number of nitrogens with one attached hydrogen (secondary N) is 1. The Morgan fingerprint density at radius 1 is 1.29 bits per heavy atom. The molecule has 1 aromatic carbocycles. The molecule has 0 saturated carbocycles. The number of carbonyl (C=O) groups is 1. The highest BCUT2D eigenvalue weighted by Crippen LogP contribution is 2.38. The Bertz CT molecular complexity index is 824. The van der Waals surface area contributed by atoms with E-state index in [0.29, 0.717) is 43.6 Å². The van der Waals surface area contributed by atoms with Gasteiger partial charge in [0.25, 0.3) is 5.91 Å². The van der Waals surface area contributed by atoms with Crippen LogP contribution >= 0.6 is 0 Å². The Labute approximate surface area is 161 Å². The van der Waals surface area contributed by atoms with E-state index in [4.69, 9.17) is 4.74 Å². The molecule has 1 amide bonds. The zero-order valence-electron chi connectivity index (χ0n) is 16.0. The minimum absolute atomic E-state index is 0.203. The van der Waals surface area contributed by atoms with Crippen molar-refractivity contribution in [3.63, 3.8) is 0 Å². The molecule has 5 nitrogen and oxygen atoms in total. The second-order valence-corrected chi connectivity index (χ2v) is 6.97. The monoisotopic (exact) mass is 395 g/mol. The summed E-state index contributed by atoms with van der Waals surface area (Å²) in [6.07, 6.45) is -2.69. The van der Waals surface area contributed by atoms with Crippen LogP contribution in [0.4, 0.5) is 13.2 Å². The summed E-state index contributed by atoms with van der Waals surface area (Å²) >= 11 is 0. The fourth-order valence-electron chi connectivity index (χ4n) is 3.82. The van der Waals surface area contributed by atoms with Gasteiger partial charge in [0.05, 0.1) is 12.2 Å². The fourth-order valence-corrected chi connectivity index (χ4v) is 3.82. The van der Waals surface area contributed by atoms with Gasteiger partial charge in [0.1, 0.15) is 0 Å². The van der Waals surface area contributed by atoms with E-state index in [2.05, 4.69) is 10.2 Å². The smallest absolute Gasteiger partial charge is 0.380 e. The molecule has 3 rings (SSSR count). The Morgan fingerprint density at radius 3 is 2.57 bits per heavy atom. The number of piperidine rings is 1. The highest BCUT2D eigenvalue weighted by molar-refractivity contribution is 5.94. The molecule has 152 valence electrons. The van der Waals surface area contributed by atoms with Crippen molar-refractivity contribution in [1.82, 2.24) is 15.1 Å². The maximum Gasteiger partial charge on any atom is 0.416 e. The highest BCUT2D eigenvalue weighted by atomic mass is 19.4. The van der Waals surface area contributed by atoms with Crippen molar-refractivity contribution in [2.24, 2.45) is 0 Å². The van der Waals surface area contributed by atoms with Crippen molar-refractivity contribution in [3.8, 4) is 0 Å². The lowest BCUT2D eigenvalue weighted by Crippen LogP contribution is -2.38. The summed E-state index contributed by atoms with van der Waals surface area (Å²) in [7, 11) is 1.56. The number of hydrogen-bond acceptors (Lipinski definition) is 3. The number of hydrogen-bond donors (Lipinski definition) is 1. The van der Waals surface area contributed by atoms with Gasteiger partial charge >= 0.3 is 6.18 Å². The maximum absolute atomic E-state index is 13.3. The predicted octanol–water partition coefficient (Wildman–Crippen LogP) is 4.16. The van der Waals surface area contributed by atoms with Gasteiger partial charge in [-0.05, 0) is 36.8 Å². The third kappa shape index (κ3) is 4.06. The summed E-state index contributed by atoms with van der Waals surface area (Å²) in [6.45, 7) is 3.05. The molecule has 1 aliphatic rings. The first-order valence-corrected chi connectivity index (χ1v) is 9.37. The van der Waals surface area contributed by atoms with Crippen LogP contribution < -0.4 is 0 Å². The van der Waals surface area contributed by atoms with Crippen LogP contribution in [0, 0.1) is 0 Å². The molecule has 2 heterocycles. The average molecular weight is 395 g/mol. The number of ether oxygens (including phenoxy) is 1. The lowest BCUT2D eigenvalue weighted by atomic mass is 9.86. The van der Waals surface area contributed by atoms with Crippen LogP contribution in [0.5, 0.6) is 0 Å². The summed E-state index contributed by atoms with van der Waals surface area (Å²) in [5, 5.41) is 7.04. The van der Waals surface area contributed by atoms with E-state index in [0.717, 1.165) is 17.3 Å². The van der Waals surface area contributed by atoms with Gasteiger partial charge in [-0.25, -0.2) is 0 Å². The van der Waals surface area contributed by atoms with E-state index in [1.165, 1.54) is 6.07 Å². The number of benzene rings is 1. The summed E-state index contributed by atoms with van der Waals surface area (Å²) in [6, 6.07) is 5.71. The molecular weight excluding hydrogens is 371 g/mol. The first kappa shape index (κ1) is 20.4. The summed E-state index contributed by atoms with van der Waals surface area (Å²) in [5.74, 6) is -0.420. The fraction of sp³-hybridized carbons (Fsp3) is 0.500. The van der Waals surface area contributed by atoms with Crippen LogP contribution in [0.2, 0.25) is 0 Å². The van der Waals surface area contributed by atoms with Crippen molar-refractivity contribution < 1.29 is 22.7 Å². The van der Waals surface area contributed by atoms with Gasteiger partial charge in [-0.3, -0.25) is 9.89 Å². The third-order valence-corrected chi connectivity index (χ3v) is 5.29. The Hall–Kier alpha value is -2.35. The predicted molar refractivity (Wildman–Crippen MR) is 98.0 cm³/mol. The second-order valence-electron chi connectivity index (χ2n) is 6.97. The Kier molecular flexibility index (Phi) is 6.07. The van der Waals surface area contributed by atoms with Gasteiger partial charge in [0.15, 0.2) is 5.69 Å². The molecule has 1 aromatic heterocycles. The van der Waals surface area contributed by atoms with Crippen molar-refractivity contribution in [2.75, 3.05) is 20.2 Å². The van der Waals surface area contributed by atoms with Crippen molar-refractivity contribution in [3.05, 3.63) is 52.3 Å². The van der Waals surface area contributed by atoms with E-state index >= 15 is 0 Å². The molecule has 1 fully saturated rings. The lowest BCUT2D eigenvalue weighted by molar-refractivity contribution is -0.138. The van der Waals surface area contributed by atoms with E-state index in [9.17, 15) is 18.0 Å². The van der Waals surface area contributed by atoms with Crippen LogP contribution in [0.3, 0.4) is 0 Å². The first-order valence-electron chi connectivity index (χ1n) is 9.37. The van der Waals surface area contributed by atoms with Crippen LogP contribution in [0.1, 0.15) is 58.6 Å². The average Bonchev–Trinajstić information content (AvgIpc) is 3.10. The molecule has 8 heteroatoms. The summed E-state index contributed by atoms with van der Waals surface area (Å²) in [5.41, 5.74) is 1.68. The minimum Gasteiger partial charge on any atom is -0.380 e. The van der Waals surface area contributed by atoms with Crippen molar-refractivity contribution in [2.45, 2.75) is 44.9 Å². The highest BCUT2D eigenvalue weighted by Gasteiger charge is 2.36. The standard InChI is InChI=1S/C20H24F3N3O2/c1-3-17-15(12-28-2)18(25-24-17)19(27)26-10-8-13(9-11-26)14-6-4-5-7-16(14)20(21,22)23/h4-7,13H,3,8-12H2,1-2H3,(H,24,25). The molecule has 1 aliphatic heterocycles. The zero-order chi connectivity index (χ0) is 20.3. The lowest BCUT2D eigenvalue weighted by Gasteiger charge is -2.33. The number of amides is 1. The number of alkyl halides is 3. The maximum atomic E-state index is 13.3. The summed E-state index contributed by atoms with van der Waals surface area (Å²) < 4.78 is 45.1. The topological polar surface area (TPSA) is 58.2 Å². The van der Waals surface area contributed by atoms with Gasteiger partial charge in [0, 0.05) is 31.5 Å². The number of halogens is 3. The Morgan fingerprint density at radius 2 is 1.96 bits per heavy atom. The molecule has 0 spiro atoms. The zero-order valence-corrected chi connectivity index (χ0v) is 16.0. The van der Waals surface area contributed by atoms with E-state index in [1.807, 2.05) is 6.92 Å². The number of carbonyl (C=O) groups excluding carboxylic acids is 1. The van der Waals surface area contributed by atoms with E-state index in [-0.39, 0.29) is 18.4 Å². The molecule has 0 atom stereocenters. The van der Waals surface area contributed by atoms with E-state index in [1.54, 1.807) is 24.1 Å². The molecule has 1 N–H and O–H groups in total. The van der Waals surface area contributed by atoms with Crippen LogP contribution in [0.15, 0.2) is 24.3 Å². The van der Waals surface area contributed by atoms with Gasteiger partial charge in [-0.2, -0.15) is 18.3 Å². The molecule has 1 saturated heterocycles. The molecule has 0 aliphatic carbocycles. The molecule has 2 aromatic rings. The van der Waals surface area contributed by atoms with Crippen LogP contribution in [-0.4, -0.2) is 41.2 Å². The SMILES string of the molecule is CCc1[nH]nc(C(=O)N2CCC(c3ccccc3C(F)(F)F)CC2)c1COC. The summed E-state index contributed by atoms with van der Waals surface area (Å²) in [4.78, 5) is 14.6. The third-order valence-electron chi connectivity index (χ3n) is 5.29. The number of nitrogens with zero attached hydrogens (tertiary/aromatic N) is 2. The van der Waals surface area contributed by atoms with E-state index < -0.39 is 11.7 Å². The largest absolute Gasteiger partial charge is 0.416 e. The van der Waals surface area contributed by atoms with Crippen LogP contribution in [-0.2, 0) is 23.9 Å². The number of H-pyrrole nitrogens is 1. The number of likely N-dealkylation sites (tertiary alicyclic amines) is 1.